The summed E-state index contributed by atoms with van der Waals surface area (Å²) in [5.74, 6) is 1.64. The van der Waals surface area contributed by atoms with E-state index in [0.29, 0.717) is 19.6 Å². The number of carbonyl (C=O) groups excluding carboxylic acids is 2. The summed E-state index contributed by atoms with van der Waals surface area (Å²) in [5, 5.41) is 5.70. The third kappa shape index (κ3) is 5.97. The minimum atomic E-state index is -0.523. The Kier molecular flexibility index (Phi) is 6.56. The molecule has 0 aliphatic carbocycles. The van der Waals surface area contributed by atoms with Crippen molar-refractivity contribution in [1.29, 1.82) is 0 Å². The Balaban J connectivity index is 1.82. The zero-order chi connectivity index (χ0) is 19.3. The average Bonchev–Trinajstić information content (AvgIpc) is 2.87. The van der Waals surface area contributed by atoms with Gasteiger partial charge in [0.15, 0.2) is 0 Å². The van der Waals surface area contributed by atoms with E-state index in [0.717, 1.165) is 36.3 Å². The summed E-state index contributed by atoms with van der Waals surface area (Å²) in [4.78, 5) is 26.2. The van der Waals surface area contributed by atoms with Gasteiger partial charge in [-0.05, 0) is 59.9 Å². The second-order valence-electron chi connectivity index (χ2n) is 7.83. The summed E-state index contributed by atoms with van der Waals surface area (Å²) in [6.07, 6.45) is 2.55. The van der Waals surface area contributed by atoms with Gasteiger partial charge < -0.3 is 24.7 Å². The number of furan rings is 1. The van der Waals surface area contributed by atoms with Gasteiger partial charge in [-0.2, -0.15) is 0 Å². The monoisotopic (exact) mass is 365 g/mol. The van der Waals surface area contributed by atoms with Crippen LogP contribution in [0.1, 0.15) is 57.1 Å². The molecule has 0 bridgehead atoms. The molecule has 7 heteroatoms. The molecule has 1 saturated heterocycles. The number of aryl methyl sites for hydroxylation is 2. The fraction of sp³-hybridized carbons (Fsp3) is 0.684. The molecule has 2 heterocycles. The number of carbonyl (C=O) groups is 2. The molecule has 2 N–H and O–H groups in total. The van der Waals surface area contributed by atoms with Gasteiger partial charge in [0, 0.05) is 25.2 Å². The first-order valence-electron chi connectivity index (χ1n) is 9.23. The summed E-state index contributed by atoms with van der Waals surface area (Å²) < 4.78 is 10.9. The van der Waals surface area contributed by atoms with Crippen LogP contribution in [-0.2, 0) is 11.3 Å². The maximum absolute atomic E-state index is 12.4. The molecule has 1 aromatic heterocycles. The molecule has 0 aromatic carbocycles. The van der Waals surface area contributed by atoms with Crippen LogP contribution in [-0.4, -0.2) is 41.8 Å². The van der Waals surface area contributed by atoms with E-state index < -0.39 is 5.60 Å². The zero-order valence-electron chi connectivity index (χ0n) is 16.5. The van der Waals surface area contributed by atoms with Gasteiger partial charge in [-0.15, -0.1) is 0 Å². The first-order chi connectivity index (χ1) is 12.2. The van der Waals surface area contributed by atoms with E-state index in [9.17, 15) is 9.59 Å². The van der Waals surface area contributed by atoms with E-state index in [2.05, 4.69) is 10.6 Å². The second-order valence-corrected chi connectivity index (χ2v) is 7.83. The van der Waals surface area contributed by atoms with E-state index in [-0.39, 0.29) is 18.2 Å². The fourth-order valence-electron chi connectivity index (χ4n) is 3.08. The summed E-state index contributed by atoms with van der Waals surface area (Å²) in [5.41, 5.74) is 0.440. The standard InChI is InChI=1S/C19H31N3O4/c1-13-10-15(14(2)25-13)11-20-17(23)21-12-16-8-6-7-9-22(16)18(24)26-19(3,4)5/h10,16H,6-9,11-12H2,1-5H3,(H2,20,21,23). The molecule has 3 amide bonds. The number of rotatable bonds is 4. The number of amides is 3. The van der Waals surface area contributed by atoms with Gasteiger partial charge >= 0.3 is 12.1 Å². The number of hydrogen-bond donors (Lipinski definition) is 2. The highest BCUT2D eigenvalue weighted by Gasteiger charge is 2.30. The SMILES string of the molecule is Cc1cc(CNC(=O)NCC2CCCCN2C(=O)OC(C)(C)C)c(C)o1. The van der Waals surface area contributed by atoms with E-state index in [1.165, 1.54) is 0 Å². The van der Waals surface area contributed by atoms with Crippen molar-refractivity contribution in [2.24, 2.45) is 0 Å². The van der Waals surface area contributed by atoms with Crippen LogP contribution in [0.3, 0.4) is 0 Å². The number of ether oxygens (including phenoxy) is 1. The van der Waals surface area contributed by atoms with E-state index >= 15 is 0 Å². The number of hydrogen-bond acceptors (Lipinski definition) is 4. The van der Waals surface area contributed by atoms with Gasteiger partial charge in [-0.25, -0.2) is 9.59 Å². The summed E-state index contributed by atoms with van der Waals surface area (Å²) in [6.45, 7) is 10.8. The quantitative estimate of drug-likeness (QED) is 0.855. The molecule has 7 nitrogen and oxygen atoms in total. The number of urea groups is 1. The molecule has 0 radical (unpaired) electrons. The lowest BCUT2D eigenvalue weighted by molar-refractivity contribution is 0.0102. The van der Waals surface area contributed by atoms with Crippen LogP contribution >= 0.6 is 0 Å². The van der Waals surface area contributed by atoms with Gasteiger partial charge in [0.25, 0.3) is 0 Å². The maximum Gasteiger partial charge on any atom is 0.410 e. The Morgan fingerprint density at radius 2 is 2.00 bits per heavy atom. The van der Waals surface area contributed by atoms with Crippen LogP contribution in [0.15, 0.2) is 10.5 Å². The van der Waals surface area contributed by atoms with Gasteiger partial charge in [0.05, 0.1) is 6.04 Å². The number of likely N-dealkylation sites (tertiary alicyclic amines) is 1. The van der Waals surface area contributed by atoms with Crippen molar-refractivity contribution in [3.8, 4) is 0 Å². The average molecular weight is 365 g/mol. The molecule has 2 rings (SSSR count). The Bertz CT molecular complexity index is 633. The smallest absolute Gasteiger partial charge is 0.410 e. The van der Waals surface area contributed by atoms with Gasteiger partial charge in [0.1, 0.15) is 17.1 Å². The van der Waals surface area contributed by atoms with Crippen LogP contribution < -0.4 is 10.6 Å². The molecule has 0 saturated carbocycles. The minimum Gasteiger partial charge on any atom is -0.466 e. The van der Waals surface area contributed by atoms with Crippen molar-refractivity contribution >= 4 is 12.1 Å². The van der Waals surface area contributed by atoms with Crippen molar-refractivity contribution < 1.29 is 18.7 Å². The Hall–Kier alpha value is -2.18. The number of piperidine rings is 1. The van der Waals surface area contributed by atoms with Crippen LogP contribution in [0, 0.1) is 13.8 Å². The zero-order valence-corrected chi connectivity index (χ0v) is 16.5. The van der Waals surface area contributed by atoms with E-state index in [1.807, 2.05) is 40.7 Å². The molecule has 1 fully saturated rings. The molecule has 1 atom stereocenters. The van der Waals surface area contributed by atoms with Crippen molar-refractivity contribution in [2.45, 2.75) is 72.1 Å². The Morgan fingerprint density at radius 1 is 1.27 bits per heavy atom. The summed E-state index contributed by atoms with van der Waals surface area (Å²) in [7, 11) is 0. The second kappa shape index (κ2) is 8.47. The van der Waals surface area contributed by atoms with Crippen LogP contribution in [0.25, 0.3) is 0 Å². The topological polar surface area (TPSA) is 83.8 Å². The normalized spacial score (nSPS) is 17.7. The molecule has 0 spiro atoms. The Morgan fingerprint density at radius 3 is 2.62 bits per heavy atom. The molecule has 1 aliphatic heterocycles. The highest BCUT2D eigenvalue weighted by Crippen LogP contribution is 2.20. The molecule has 1 aromatic rings. The third-order valence-electron chi connectivity index (χ3n) is 4.34. The first kappa shape index (κ1) is 20.1. The lowest BCUT2D eigenvalue weighted by Gasteiger charge is -2.36. The van der Waals surface area contributed by atoms with E-state index in [4.69, 9.17) is 9.15 Å². The largest absolute Gasteiger partial charge is 0.466 e. The Labute approximate surface area is 155 Å². The summed E-state index contributed by atoms with van der Waals surface area (Å²) >= 11 is 0. The van der Waals surface area contributed by atoms with Crippen molar-refractivity contribution in [2.75, 3.05) is 13.1 Å². The van der Waals surface area contributed by atoms with Crippen LogP contribution in [0.4, 0.5) is 9.59 Å². The molecule has 26 heavy (non-hydrogen) atoms. The van der Waals surface area contributed by atoms with E-state index in [1.54, 1.807) is 4.90 Å². The number of nitrogens with zero attached hydrogens (tertiary/aromatic N) is 1. The van der Waals surface area contributed by atoms with Crippen LogP contribution in [0.2, 0.25) is 0 Å². The highest BCUT2D eigenvalue weighted by atomic mass is 16.6. The minimum absolute atomic E-state index is 0.0396. The lowest BCUT2D eigenvalue weighted by Crippen LogP contribution is -2.51. The predicted molar refractivity (Wildman–Crippen MR) is 99.0 cm³/mol. The molecule has 1 unspecified atom stereocenters. The molecular weight excluding hydrogens is 334 g/mol. The number of nitrogens with one attached hydrogen (secondary N) is 2. The third-order valence-corrected chi connectivity index (χ3v) is 4.34. The van der Waals surface area contributed by atoms with Crippen molar-refractivity contribution in [3.05, 3.63) is 23.2 Å². The predicted octanol–water partition coefficient (Wildman–Crippen LogP) is 3.49. The fourth-order valence-corrected chi connectivity index (χ4v) is 3.08. The van der Waals surface area contributed by atoms with Crippen molar-refractivity contribution in [3.63, 3.8) is 0 Å². The highest BCUT2D eigenvalue weighted by molar-refractivity contribution is 5.74. The van der Waals surface area contributed by atoms with Gasteiger partial charge in [-0.1, -0.05) is 0 Å². The van der Waals surface area contributed by atoms with Crippen molar-refractivity contribution in [1.82, 2.24) is 15.5 Å². The molecule has 146 valence electrons. The lowest BCUT2D eigenvalue weighted by atomic mass is 10.0. The summed E-state index contributed by atoms with van der Waals surface area (Å²) in [6, 6.07) is 1.63. The molecular formula is C19H31N3O4. The maximum atomic E-state index is 12.4. The molecule has 1 aliphatic rings. The first-order valence-corrected chi connectivity index (χ1v) is 9.23. The van der Waals surface area contributed by atoms with Gasteiger partial charge in [-0.3, -0.25) is 0 Å². The van der Waals surface area contributed by atoms with Crippen LogP contribution in [0.5, 0.6) is 0 Å². The van der Waals surface area contributed by atoms with Gasteiger partial charge in [0.2, 0.25) is 0 Å².